The normalized spacial score (nSPS) is 19.1. The second kappa shape index (κ2) is 4.46. The standard InChI is InChI=1S/C8H14N2S/c1-2-4-7-8(11-9)5-3-6-10-7/h2,4,10H,3,5-6,9H2,1H3/b4-2+. The minimum atomic E-state index is 1.07. The van der Waals surface area contributed by atoms with E-state index < -0.39 is 0 Å². The highest BCUT2D eigenvalue weighted by Crippen LogP contribution is 2.22. The van der Waals surface area contributed by atoms with Crippen LogP contribution in [0.4, 0.5) is 0 Å². The van der Waals surface area contributed by atoms with E-state index in [2.05, 4.69) is 11.4 Å². The first-order valence-corrected chi connectivity index (χ1v) is 4.73. The van der Waals surface area contributed by atoms with Gasteiger partial charge in [-0.25, -0.2) is 0 Å². The van der Waals surface area contributed by atoms with Crippen LogP contribution in [0.25, 0.3) is 0 Å². The van der Waals surface area contributed by atoms with Gasteiger partial charge in [0, 0.05) is 17.1 Å². The molecule has 3 heteroatoms. The van der Waals surface area contributed by atoms with Crippen molar-refractivity contribution < 1.29 is 0 Å². The monoisotopic (exact) mass is 170 g/mol. The van der Waals surface area contributed by atoms with E-state index in [1.807, 2.05) is 13.0 Å². The number of hydrogen-bond donors (Lipinski definition) is 2. The van der Waals surface area contributed by atoms with E-state index in [-0.39, 0.29) is 0 Å². The molecule has 0 amide bonds. The van der Waals surface area contributed by atoms with Crippen LogP contribution in [0, 0.1) is 0 Å². The van der Waals surface area contributed by atoms with Crippen molar-refractivity contribution >= 4 is 11.9 Å². The number of nitrogens with two attached hydrogens (primary N) is 1. The highest BCUT2D eigenvalue weighted by molar-refractivity contribution is 8.00. The lowest BCUT2D eigenvalue weighted by molar-refractivity contribution is 0.696. The first-order valence-electron chi connectivity index (χ1n) is 3.85. The maximum Gasteiger partial charge on any atom is 0.0446 e. The van der Waals surface area contributed by atoms with Crippen molar-refractivity contribution in [2.75, 3.05) is 6.54 Å². The Morgan fingerprint density at radius 3 is 3.09 bits per heavy atom. The van der Waals surface area contributed by atoms with Gasteiger partial charge in [0.1, 0.15) is 0 Å². The third kappa shape index (κ3) is 2.27. The van der Waals surface area contributed by atoms with E-state index in [9.17, 15) is 0 Å². The lowest BCUT2D eigenvalue weighted by Gasteiger charge is -2.17. The minimum absolute atomic E-state index is 1.07. The molecular formula is C8H14N2S. The molecule has 0 spiro atoms. The highest BCUT2D eigenvalue weighted by atomic mass is 32.2. The molecule has 0 radical (unpaired) electrons. The molecule has 0 atom stereocenters. The Hall–Kier alpha value is -0.410. The summed E-state index contributed by atoms with van der Waals surface area (Å²) < 4.78 is 0. The Balaban J connectivity index is 2.72. The predicted octanol–water partition coefficient (Wildman–Crippen LogP) is 1.76. The molecule has 1 heterocycles. The van der Waals surface area contributed by atoms with E-state index >= 15 is 0 Å². The van der Waals surface area contributed by atoms with Crippen LogP contribution in [0.2, 0.25) is 0 Å². The molecule has 3 N–H and O–H groups in total. The molecule has 1 aliphatic heterocycles. The second-order valence-electron chi connectivity index (χ2n) is 2.49. The molecule has 0 saturated heterocycles. The number of hydrogen-bond acceptors (Lipinski definition) is 3. The molecule has 0 aromatic heterocycles. The van der Waals surface area contributed by atoms with Gasteiger partial charge in [0.2, 0.25) is 0 Å². The fourth-order valence-corrected chi connectivity index (χ4v) is 1.68. The van der Waals surface area contributed by atoms with Crippen LogP contribution in [0.5, 0.6) is 0 Å². The van der Waals surface area contributed by atoms with Crippen LogP contribution in [-0.4, -0.2) is 6.54 Å². The zero-order valence-corrected chi connectivity index (χ0v) is 7.58. The van der Waals surface area contributed by atoms with E-state index in [4.69, 9.17) is 5.14 Å². The lowest BCUT2D eigenvalue weighted by Crippen LogP contribution is -2.20. The van der Waals surface area contributed by atoms with Crippen molar-refractivity contribution in [1.29, 1.82) is 0 Å². The predicted molar refractivity (Wildman–Crippen MR) is 50.9 cm³/mol. The summed E-state index contributed by atoms with van der Waals surface area (Å²) in [6.45, 7) is 3.09. The van der Waals surface area contributed by atoms with Crippen molar-refractivity contribution in [2.24, 2.45) is 5.14 Å². The summed E-state index contributed by atoms with van der Waals surface area (Å²) in [6.07, 6.45) is 6.42. The lowest BCUT2D eigenvalue weighted by atomic mass is 10.2. The fourth-order valence-electron chi connectivity index (χ4n) is 1.15. The van der Waals surface area contributed by atoms with Crippen LogP contribution in [0.3, 0.4) is 0 Å². The summed E-state index contributed by atoms with van der Waals surface area (Å²) in [4.78, 5) is 1.27. The quantitative estimate of drug-likeness (QED) is 0.620. The minimum Gasteiger partial charge on any atom is -0.384 e. The molecule has 0 fully saturated rings. The van der Waals surface area contributed by atoms with E-state index in [1.54, 1.807) is 0 Å². The third-order valence-corrected chi connectivity index (χ3v) is 2.38. The zero-order valence-electron chi connectivity index (χ0n) is 6.76. The van der Waals surface area contributed by atoms with Crippen LogP contribution in [0.15, 0.2) is 22.8 Å². The summed E-state index contributed by atoms with van der Waals surface area (Å²) in [6, 6.07) is 0. The Bertz CT molecular complexity index is 185. The topological polar surface area (TPSA) is 38.0 Å². The largest absolute Gasteiger partial charge is 0.384 e. The second-order valence-corrected chi connectivity index (χ2v) is 3.21. The van der Waals surface area contributed by atoms with E-state index in [0.717, 1.165) is 13.0 Å². The SMILES string of the molecule is C/C=C/C1=C(SN)CCCN1. The first kappa shape index (κ1) is 8.68. The Morgan fingerprint density at radius 2 is 2.45 bits per heavy atom. The average molecular weight is 170 g/mol. The van der Waals surface area contributed by atoms with Gasteiger partial charge in [-0.2, -0.15) is 0 Å². The maximum atomic E-state index is 5.51. The molecule has 0 bridgehead atoms. The third-order valence-electron chi connectivity index (χ3n) is 1.67. The van der Waals surface area contributed by atoms with Gasteiger partial charge in [0.15, 0.2) is 0 Å². The first-order chi connectivity index (χ1) is 5.38. The molecular weight excluding hydrogens is 156 g/mol. The van der Waals surface area contributed by atoms with Crippen molar-refractivity contribution in [3.63, 3.8) is 0 Å². The summed E-state index contributed by atoms with van der Waals surface area (Å²) in [7, 11) is 0. The molecule has 0 unspecified atom stereocenters. The molecule has 2 nitrogen and oxygen atoms in total. The van der Waals surface area contributed by atoms with Crippen molar-refractivity contribution in [2.45, 2.75) is 19.8 Å². The molecule has 0 aromatic rings. The van der Waals surface area contributed by atoms with Crippen LogP contribution < -0.4 is 10.5 Å². The molecule has 11 heavy (non-hydrogen) atoms. The summed E-state index contributed by atoms with van der Waals surface area (Å²) in [5, 5.41) is 8.82. The van der Waals surface area contributed by atoms with Gasteiger partial charge in [-0.3, -0.25) is 5.14 Å². The smallest absolute Gasteiger partial charge is 0.0446 e. The molecule has 1 aliphatic rings. The van der Waals surface area contributed by atoms with Crippen molar-refractivity contribution in [3.8, 4) is 0 Å². The molecule has 62 valence electrons. The average Bonchev–Trinajstić information content (AvgIpc) is 2.06. The van der Waals surface area contributed by atoms with Gasteiger partial charge in [0.25, 0.3) is 0 Å². The zero-order chi connectivity index (χ0) is 8.10. The number of nitrogens with one attached hydrogen (secondary N) is 1. The maximum absolute atomic E-state index is 5.51. The van der Waals surface area contributed by atoms with Crippen molar-refractivity contribution in [1.82, 2.24) is 5.32 Å². The Labute approximate surface area is 72.1 Å². The van der Waals surface area contributed by atoms with Gasteiger partial charge in [-0.15, -0.1) is 0 Å². The molecule has 1 rings (SSSR count). The van der Waals surface area contributed by atoms with Gasteiger partial charge in [0.05, 0.1) is 0 Å². The molecule has 0 saturated carbocycles. The van der Waals surface area contributed by atoms with Crippen LogP contribution >= 0.6 is 11.9 Å². The summed E-state index contributed by atoms with van der Waals surface area (Å²) in [5.74, 6) is 0. The van der Waals surface area contributed by atoms with Crippen LogP contribution in [-0.2, 0) is 0 Å². The molecule has 0 aliphatic carbocycles. The van der Waals surface area contributed by atoms with E-state index in [0.29, 0.717) is 0 Å². The van der Waals surface area contributed by atoms with Gasteiger partial charge in [-0.1, -0.05) is 18.0 Å². The molecule has 0 aromatic carbocycles. The Morgan fingerprint density at radius 1 is 1.64 bits per heavy atom. The highest BCUT2D eigenvalue weighted by Gasteiger charge is 2.08. The van der Waals surface area contributed by atoms with Crippen molar-refractivity contribution in [3.05, 3.63) is 22.8 Å². The number of rotatable bonds is 2. The van der Waals surface area contributed by atoms with Gasteiger partial charge >= 0.3 is 0 Å². The Kier molecular flexibility index (Phi) is 3.52. The number of allylic oxidation sites excluding steroid dienone is 3. The van der Waals surface area contributed by atoms with Gasteiger partial charge in [-0.05, 0) is 25.8 Å². The fraction of sp³-hybridized carbons (Fsp3) is 0.500. The van der Waals surface area contributed by atoms with Crippen LogP contribution in [0.1, 0.15) is 19.8 Å². The van der Waals surface area contributed by atoms with Gasteiger partial charge < -0.3 is 5.32 Å². The summed E-state index contributed by atoms with van der Waals surface area (Å²) in [5.41, 5.74) is 1.20. The van der Waals surface area contributed by atoms with E-state index in [1.165, 1.54) is 29.0 Å². The summed E-state index contributed by atoms with van der Waals surface area (Å²) >= 11 is 1.36.